The summed E-state index contributed by atoms with van der Waals surface area (Å²) in [5, 5.41) is 6.91. The van der Waals surface area contributed by atoms with Crippen LogP contribution < -0.4 is 21.8 Å². The third-order valence-corrected chi connectivity index (χ3v) is 3.32. The van der Waals surface area contributed by atoms with Crippen molar-refractivity contribution >= 4 is 11.5 Å². The zero-order chi connectivity index (χ0) is 16.4. The second kappa shape index (κ2) is 5.84. The van der Waals surface area contributed by atoms with E-state index in [-0.39, 0.29) is 11.5 Å². The van der Waals surface area contributed by atoms with E-state index in [2.05, 4.69) is 20.2 Å². The van der Waals surface area contributed by atoms with Gasteiger partial charge in [-0.1, -0.05) is 6.07 Å². The number of ether oxygens (including phenoxy) is 1. The molecule has 0 bridgehead atoms. The van der Waals surface area contributed by atoms with Crippen LogP contribution in [0.2, 0.25) is 0 Å². The number of benzene rings is 1. The van der Waals surface area contributed by atoms with Gasteiger partial charge < -0.3 is 21.2 Å². The lowest BCUT2D eigenvalue weighted by Crippen LogP contribution is -2.17. The fourth-order valence-electron chi connectivity index (χ4n) is 2.20. The molecule has 0 fully saturated rings. The number of rotatable bonds is 4. The Bertz CT molecular complexity index is 885. The summed E-state index contributed by atoms with van der Waals surface area (Å²) < 4.78 is 5.67. The van der Waals surface area contributed by atoms with Gasteiger partial charge >= 0.3 is 0 Å². The van der Waals surface area contributed by atoms with E-state index in [4.69, 9.17) is 16.2 Å². The topological polar surface area (TPSA) is 136 Å². The van der Waals surface area contributed by atoms with E-state index in [1.54, 1.807) is 12.3 Å². The van der Waals surface area contributed by atoms with Gasteiger partial charge in [0.25, 0.3) is 5.56 Å². The monoisotopic (exact) mass is 312 g/mol. The lowest BCUT2D eigenvalue weighted by molar-refractivity contribution is 0.341. The Balaban J connectivity index is 2.14. The number of nitrogen functional groups attached to an aromatic ring is 2. The van der Waals surface area contributed by atoms with Gasteiger partial charge in [0.05, 0.1) is 17.9 Å². The predicted molar refractivity (Wildman–Crippen MR) is 87.9 cm³/mol. The van der Waals surface area contributed by atoms with E-state index < -0.39 is 5.56 Å². The van der Waals surface area contributed by atoms with Crippen LogP contribution in [0.1, 0.15) is 6.92 Å². The largest absolute Gasteiger partial charge is 0.493 e. The van der Waals surface area contributed by atoms with Crippen LogP contribution in [0.5, 0.6) is 5.75 Å². The maximum Gasteiger partial charge on any atom is 0.276 e. The molecule has 0 unspecified atom stereocenters. The highest BCUT2D eigenvalue weighted by Crippen LogP contribution is 2.32. The predicted octanol–water partition coefficient (Wildman–Crippen LogP) is 1.39. The van der Waals surface area contributed by atoms with Crippen molar-refractivity contribution in [1.82, 2.24) is 20.2 Å². The number of nitrogens with two attached hydrogens (primary N) is 2. The van der Waals surface area contributed by atoms with Crippen LogP contribution in [-0.2, 0) is 0 Å². The number of nitrogens with one attached hydrogen (secondary N) is 2. The van der Waals surface area contributed by atoms with E-state index in [0.717, 1.165) is 11.3 Å². The Labute approximate surface area is 131 Å². The van der Waals surface area contributed by atoms with Gasteiger partial charge in [-0.25, -0.2) is 4.98 Å². The van der Waals surface area contributed by atoms with Crippen LogP contribution >= 0.6 is 0 Å². The average Bonchev–Trinajstić information content (AvgIpc) is 3.07. The molecule has 0 aliphatic carbocycles. The molecule has 0 aliphatic heterocycles. The van der Waals surface area contributed by atoms with Crippen LogP contribution in [0.4, 0.5) is 11.5 Å². The molecule has 1 aromatic carbocycles. The molecular formula is C15H16N6O2. The number of aromatic amines is 2. The maximum absolute atomic E-state index is 11.8. The van der Waals surface area contributed by atoms with Gasteiger partial charge in [-0.2, -0.15) is 5.10 Å². The number of aromatic nitrogens is 4. The zero-order valence-corrected chi connectivity index (χ0v) is 12.5. The molecule has 0 aliphatic rings. The second-order valence-electron chi connectivity index (χ2n) is 4.82. The van der Waals surface area contributed by atoms with Crippen molar-refractivity contribution in [2.75, 3.05) is 18.1 Å². The van der Waals surface area contributed by atoms with Gasteiger partial charge in [0.15, 0.2) is 5.82 Å². The first kappa shape index (κ1) is 14.6. The molecule has 6 N–H and O–H groups in total. The summed E-state index contributed by atoms with van der Waals surface area (Å²) in [4.78, 5) is 18.5. The first-order valence-corrected chi connectivity index (χ1v) is 7.02. The molecule has 0 atom stereocenters. The number of H-pyrrole nitrogens is 2. The molecule has 3 rings (SSSR count). The molecule has 118 valence electrons. The molecule has 0 saturated heterocycles. The molecule has 8 heteroatoms. The lowest BCUT2D eigenvalue weighted by Gasteiger charge is -2.12. The Morgan fingerprint density at radius 3 is 2.74 bits per heavy atom. The van der Waals surface area contributed by atoms with E-state index in [1.807, 2.05) is 25.1 Å². The van der Waals surface area contributed by atoms with Crippen LogP contribution in [0, 0.1) is 0 Å². The van der Waals surface area contributed by atoms with Crippen LogP contribution in [-0.4, -0.2) is 26.8 Å². The summed E-state index contributed by atoms with van der Waals surface area (Å²) >= 11 is 0. The highest BCUT2D eigenvalue weighted by molar-refractivity contribution is 5.73. The van der Waals surface area contributed by atoms with Crippen molar-refractivity contribution in [3.05, 3.63) is 40.8 Å². The highest BCUT2D eigenvalue weighted by Gasteiger charge is 2.14. The number of nitrogens with zero attached hydrogens (tertiary/aromatic N) is 2. The smallest absolute Gasteiger partial charge is 0.276 e. The molecule has 8 nitrogen and oxygen atoms in total. The maximum atomic E-state index is 11.8. The minimum atomic E-state index is -0.480. The molecule has 0 amide bonds. The lowest BCUT2D eigenvalue weighted by atomic mass is 10.1. The van der Waals surface area contributed by atoms with Gasteiger partial charge in [0.1, 0.15) is 17.3 Å². The van der Waals surface area contributed by atoms with Crippen molar-refractivity contribution in [3.8, 4) is 28.4 Å². The minimum absolute atomic E-state index is 0.0115. The Hall–Kier alpha value is -3.29. The molecule has 2 aromatic heterocycles. The average molecular weight is 312 g/mol. The Kier molecular flexibility index (Phi) is 3.71. The normalized spacial score (nSPS) is 10.7. The molecule has 0 radical (unpaired) electrons. The van der Waals surface area contributed by atoms with Gasteiger partial charge in [0, 0.05) is 11.8 Å². The van der Waals surface area contributed by atoms with Crippen molar-refractivity contribution in [3.63, 3.8) is 0 Å². The minimum Gasteiger partial charge on any atom is -0.493 e. The fourth-order valence-corrected chi connectivity index (χ4v) is 2.20. The molecule has 0 spiro atoms. The van der Waals surface area contributed by atoms with E-state index in [1.165, 1.54) is 0 Å². The van der Waals surface area contributed by atoms with Crippen molar-refractivity contribution in [2.24, 2.45) is 0 Å². The van der Waals surface area contributed by atoms with Crippen LogP contribution in [0.25, 0.3) is 22.6 Å². The fraction of sp³-hybridized carbons (Fsp3) is 0.133. The van der Waals surface area contributed by atoms with E-state index >= 15 is 0 Å². The summed E-state index contributed by atoms with van der Waals surface area (Å²) in [5.41, 5.74) is 12.9. The van der Waals surface area contributed by atoms with Gasteiger partial charge in [-0.3, -0.25) is 9.89 Å². The molecule has 23 heavy (non-hydrogen) atoms. The highest BCUT2D eigenvalue weighted by atomic mass is 16.5. The third kappa shape index (κ3) is 2.73. The van der Waals surface area contributed by atoms with E-state index in [9.17, 15) is 4.79 Å². The molecule has 2 heterocycles. The van der Waals surface area contributed by atoms with Gasteiger partial charge in [-0.15, -0.1) is 0 Å². The second-order valence-corrected chi connectivity index (χ2v) is 4.82. The summed E-state index contributed by atoms with van der Waals surface area (Å²) in [6.45, 7) is 2.34. The summed E-state index contributed by atoms with van der Waals surface area (Å²) in [5.74, 6) is 0.863. The van der Waals surface area contributed by atoms with Crippen LogP contribution in [0.15, 0.2) is 35.3 Å². The standard InChI is InChI=1S/C15H16N6O2/c1-2-23-11-7-8(10-5-6-18-21-10)3-4-9(11)14-19-13(17)12(16)15(22)20-14/h3-7H,2,16H2,1H3,(H,18,21)(H3,17,19,20,22). The third-order valence-electron chi connectivity index (χ3n) is 3.32. The molecule has 3 aromatic rings. The summed E-state index contributed by atoms with van der Waals surface area (Å²) in [6.07, 6.45) is 1.74. The summed E-state index contributed by atoms with van der Waals surface area (Å²) in [7, 11) is 0. The first-order chi connectivity index (χ1) is 11.1. The number of hydrogen-bond donors (Lipinski definition) is 4. The number of anilines is 2. The number of hydrogen-bond acceptors (Lipinski definition) is 6. The Morgan fingerprint density at radius 2 is 2.09 bits per heavy atom. The SMILES string of the molecule is CCOc1cc(-c2cc[nH]n2)ccc1-c1nc(N)c(N)c(=O)[nH]1. The van der Waals surface area contributed by atoms with Crippen molar-refractivity contribution < 1.29 is 4.74 Å². The van der Waals surface area contributed by atoms with Crippen molar-refractivity contribution in [1.29, 1.82) is 0 Å². The van der Waals surface area contributed by atoms with E-state index in [0.29, 0.717) is 23.7 Å². The summed E-state index contributed by atoms with van der Waals surface area (Å²) in [6, 6.07) is 7.34. The van der Waals surface area contributed by atoms with Crippen molar-refractivity contribution in [2.45, 2.75) is 6.92 Å². The zero-order valence-electron chi connectivity index (χ0n) is 12.5. The quantitative estimate of drug-likeness (QED) is 0.575. The van der Waals surface area contributed by atoms with Crippen LogP contribution in [0.3, 0.4) is 0 Å². The molecule has 0 saturated carbocycles. The molecular weight excluding hydrogens is 296 g/mol. The van der Waals surface area contributed by atoms with Gasteiger partial charge in [-0.05, 0) is 25.1 Å². The Morgan fingerprint density at radius 1 is 1.26 bits per heavy atom. The first-order valence-electron chi connectivity index (χ1n) is 7.02. The van der Waals surface area contributed by atoms with Gasteiger partial charge in [0.2, 0.25) is 0 Å².